The third-order valence-electron chi connectivity index (χ3n) is 2.54. The van der Waals surface area contributed by atoms with Crippen molar-refractivity contribution in [2.45, 2.75) is 13.5 Å². The first-order chi connectivity index (χ1) is 7.67. The Morgan fingerprint density at radius 3 is 2.75 bits per heavy atom. The number of aldehydes is 1. The lowest BCUT2D eigenvalue weighted by molar-refractivity contribution is 0.112. The van der Waals surface area contributed by atoms with Gasteiger partial charge in [0, 0.05) is 23.6 Å². The van der Waals surface area contributed by atoms with Gasteiger partial charge in [-0.05, 0) is 25.1 Å². The summed E-state index contributed by atoms with van der Waals surface area (Å²) in [6.07, 6.45) is 0.761. The maximum absolute atomic E-state index is 11.6. The largest absolute Gasteiger partial charge is 0.308 e. The molecule has 2 aromatic rings. The fraction of sp³-hybridized carbons (Fsp3) is 0.167. The van der Waals surface area contributed by atoms with Gasteiger partial charge in [-0.2, -0.15) is 0 Å². The molecular formula is C12H10ClNO2. The summed E-state index contributed by atoms with van der Waals surface area (Å²) in [6, 6.07) is 6.49. The van der Waals surface area contributed by atoms with E-state index in [2.05, 4.69) is 0 Å². The summed E-state index contributed by atoms with van der Waals surface area (Å²) >= 11 is 5.99. The summed E-state index contributed by atoms with van der Waals surface area (Å²) in [5.41, 5.74) is 1.18. The van der Waals surface area contributed by atoms with E-state index < -0.39 is 0 Å². The fourth-order valence-corrected chi connectivity index (χ4v) is 2.01. The van der Waals surface area contributed by atoms with Crippen molar-refractivity contribution >= 4 is 28.8 Å². The van der Waals surface area contributed by atoms with E-state index in [4.69, 9.17) is 11.6 Å². The highest BCUT2D eigenvalue weighted by Crippen LogP contribution is 2.22. The predicted molar refractivity (Wildman–Crippen MR) is 64.3 cm³/mol. The zero-order chi connectivity index (χ0) is 11.7. The number of halogens is 1. The lowest BCUT2D eigenvalue weighted by Crippen LogP contribution is -2.18. The summed E-state index contributed by atoms with van der Waals surface area (Å²) in [6.45, 7) is 2.47. The first kappa shape index (κ1) is 10.9. The van der Waals surface area contributed by atoms with Crippen LogP contribution in [0, 0.1) is 0 Å². The molecule has 1 heterocycles. The monoisotopic (exact) mass is 235 g/mol. The maximum Gasteiger partial charge on any atom is 0.252 e. The Labute approximate surface area is 97.3 Å². The number of hydrogen-bond acceptors (Lipinski definition) is 2. The fourth-order valence-electron chi connectivity index (χ4n) is 1.76. The van der Waals surface area contributed by atoms with Crippen molar-refractivity contribution in [2.24, 2.45) is 0 Å². The molecule has 16 heavy (non-hydrogen) atoms. The van der Waals surface area contributed by atoms with E-state index in [1.807, 2.05) is 6.92 Å². The molecule has 0 aliphatic carbocycles. The van der Waals surface area contributed by atoms with E-state index in [0.29, 0.717) is 17.1 Å². The molecular weight excluding hydrogens is 226 g/mol. The van der Waals surface area contributed by atoms with E-state index in [1.165, 1.54) is 6.07 Å². The van der Waals surface area contributed by atoms with Crippen molar-refractivity contribution in [3.8, 4) is 0 Å². The van der Waals surface area contributed by atoms with Crippen molar-refractivity contribution in [3.63, 3.8) is 0 Å². The molecule has 0 fully saturated rings. The number of fused-ring (bicyclic) bond motifs is 1. The number of carbonyl (C=O) groups is 1. The molecule has 0 saturated carbocycles. The zero-order valence-electron chi connectivity index (χ0n) is 8.74. The Morgan fingerprint density at radius 1 is 1.38 bits per heavy atom. The van der Waals surface area contributed by atoms with Crippen molar-refractivity contribution in [3.05, 3.63) is 45.2 Å². The first-order valence-corrected chi connectivity index (χ1v) is 5.33. The SMILES string of the molecule is CCn1c(=O)cc(Cl)c2cc(C=O)ccc21. The lowest BCUT2D eigenvalue weighted by Gasteiger charge is -2.09. The highest BCUT2D eigenvalue weighted by molar-refractivity contribution is 6.35. The molecule has 2 rings (SSSR count). The minimum Gasteiger partial charge on any atom is -0.308 e. The third kappa shape index (κ3) is 1.63. The molecule has 1 aromatic carbocycles. The van der Waals surface area contributed by atoms with Gasteiger partial charge in [-0.3, -0.25) is 9.59 Å². The average Bonchev–Trinajstić information content (AvgIpc) is 2.29. The molecule has 82 valence electrons. The number of benzene rings is 1. The van der Waals surface area contributed by atoms with E-state index in [-0.39, 0.29) is 5.56 Å². The van der Waals surface area contributed by atoms with Gasteiger partial charge in [0.25, 0.3) is 5.56 Å². The minimum absolute atomic E-state index is 0.126. The molecule has 0 spiro atoms. The molecule has 0 N–H and O–H groups in total. The van der Waals surface area contributed by atoms with Gasteiger partial charge in [0.1, 0.15) is 6.29 Å². The van der Waals surface area contributed by atoms with Gasteiger partial charge in [0.05, 0.1) is 10.5 Å². The van der Waals surface area contributed by atoms with Crippen LogP contribution < -0.4 is 5.56 Å². The van der Waals surface area contributed by atoms with Crippen LogP contribution in [0.4, 0.5) is 0 Å². The first-order valence-electron chi connectivity index (χ1n) is 4.95. The average molecular weight is 236 g/mol. The van der Waals surface area contributed by atoms with Crippen LogP contribution in [0.15, 0.2) is 29.1 Å². The topological polar surface area (TPSA) is 39.1 Å². The molecule has 0 amide bonds. The van der Waals surface area contributed by atoms with Gasteiger partial charge in [-0.25, -0.2) is 0 Å². The van der Waals surface area contributed by atoms with Crippen LogP contribution in [0.5, 0.6) is 0 Å². The van der Waals surface area contributed by atoms with Crippen LogP contribution in [0.1, 0.15) is 17.3 Å². The standard InChI is InChI=1S/C12H10ClNO2/c1-2-14-11-4-3-8(7-15)5-9(11)10(13)6-12(14)16/h3-7H,2H2,1H3. The zero-order valence-corrected chi connectivity index (χ0v) is 9.49. The van der Waals surface area contributed by atoms with Gasteiger partial charge < -0.3 is 4.57 Å². The van der Waals surface area contributed by atoms with Crippen LogP contribution >= 0.6 is 11.6 Å². The normalized spacial score (nSPS) is 10.6. The van der Waals surface area contributed by atoms with E-state index >= 15 is 0 Å². The number of aryl methyl sites for hydroxylation is 1. The minimum atomic E-state index is -0.126. The summed E-state index contributed by atoms with van der Waals surface area (Å²) in [5, 5.41) is 1.11. The van der Waals surface area contributed by atoms with Crippen molar-refractivity contribution in [1.82, 2.24) is 4.57 Å². The van der Waals surface area contributed by atoms with Crippen LogP contribution in [0.25, 0.3) is 10.9 Å². The second-order valence-electron chi connectivity index (χ2n) is 3.47. The predicted octanol–water partition coefficient (Wildman–Crippen LogP) is 2.49. The van der Waals surface area contributed by atoms with Gasteiger partial charge in [0.15, 0.2) is 0 Å². The summed E-state index contributed by atoms with van der Waals surface area (Å²) in [7, 11) is 0. The summed E-state index contributed by atoms with van der Waals surface area (Å²) in [4.78, 5) is 22.3. The second kappa shape index (κ2) is 4.10. The molecule has 0 saturated heterocycles. The molecule has 0 unspecified atom stereocenters. The van der Waals surface area contributed by atoms with Crippen LogP contribution in [-0.4, -0.2) is 10.9 Å². The number of hydrogen-bond donors (Lipinski definition) is 0. The molecule has 3 nitrogen and oxygen atoms in total. The highest BCUT2D eigenvalue weighted by Gasteiger charge is 2.06. The Bertz CT molecular complexity index is 616. The molecule has 0 bridgehead atoms. The van der Waals surface area contributed by atoms with Crippen LogP contribution in [-0.2, 0) is 6.54 Å². The Morgan fingerprint density at radius 2 is 2.12 bits per heavy atom. The quantitative estimate of drug-likeness (QED) is 0.751. The second-order valence-corrected chi connectivity index (χ2v) is 3.88. The molecule has 0 atom stereocenters. The third-order valence-corrected chi connectivity index (χ3v) is 2.85. The summed E-state index contributed by atoms with van der Waals surface area (Å²) < 4.78 is 1.62. The number of carbonyl (C=O) groups excluding carboxylic acids is 1. The Kier molecular flexibility index (Phi) is 2.79. The van der Waals surface area contributed by atoms with Gasteiger partial charge >= 0.3 is 0 Å². The maximum atomic E-state index is 11.6. The summed E-state index contributed by atoms with van der Waals surface area (Å²) in [5.74, 6) is 0. The van der Waals surface area contributed by atoms with Gasteiger partial charge in [-0.1, -0.05) is 11.6 Å². The molecule has 0 aliphatic rings. The number of nitrogens with zero attached hydrogens (tertiary/aromatic N) is 1. The van der Waals surface area contributed by atoms with Crippen molar-refractivity contribution in [2.75, 3.05) is 0 Å². The van der Waals surface area contributed by atoms with E-state index in [1.54, 1.807) is 22.8 Å². The van der Waals surface area contributed by atoms with Crippen LogP contribution in [0.2, 0.25) is 5.02 Å². The Hall–Kier alpha value is -1.61. The number of rotatable bonds is 2. The number of aromatic nitrogens is 1. The molecule has 0 aliphatic heterocycles. The van der Waals surface area contributed by atoms with Crippen molar-refractivity contribution in [1.29, 1.82) is 0 Å². The Balaban J connectivity index is 2.92. The lowest BCUT2D eigenvalue weighted by atomic mass is 10.1. The van der Waals surface area contributed by atoms with Gasteiger partial charge in [0.2, 0.25) is 0 Å². The number of pyridine rings is 1. The van der Waals surface area contributed by atoms with E-state index in [0.717, 1.165) is 17.2 Å². The van der Waals surface area contributed by atoms with Crippen molar-refractivity contribution < 1.29 is 4.79 Å². The van der Waals surface area contributed by atoms with Crippen LogP contribution in [0.3, 0.4) is 0 Å². The highest BCUT2D eigenvalue weighted by atomic mass is 35.5. The molecule has 4 heteroatoms. The molecule has 1 aromatic heterocycles. The molecule has 0 radical (unpaired) electrons. The van der Waals surface area contributed by atoms with E-state index in [9.17, 15) is 9.59 Å². The van der Waals surface area contributed by atoms with Gasteiger partial charge in [-0.15, -0.1) is 0 Å². The smallest absolute Gasteiger partial charge is 0.252 e.